The standard InChI is InChI=1S/C17H22F2N2O2/c18-14-4-1-3-13(15(14)19)10-21-8-2-7-17(23,16(21)22)11-20-9-12-5-6-12/h1,3-4,12,20,23H,2,5-11H2/t17-/m0/s1. The fraction of sp³-hybridized carbons (Fsp3) is 0.588. The average Bonchev–Trinajstić information content (AvgIpc) is 3.33. The first-order valence-corrected chi connectivity index (χ1v) is 8.15. The van der Waals surface area contributed by atoms with E-state index in [2.05, 4.69) is 5.32 Å². The summed E-state index contributed by atoms with van der Waals surface area (Å²) >= 11 is 0. The van der Waals surface area contributed by atoms with E-state index in [1.54, 1.807) is 0 Å². The number of nitrogens with zero attached hydrogens (tertiary/aromatic N) is 1. The minimum Gasteiger partial charge on any atom is -0.379 e. The first-order chi connectivity index (χ1) is 11.0. The molecule has 2 fully saturated rings. The van der Waals surface area contributed by atoms with Gasteiger partial charge in [-0.2, -0.15) is 0 Å². The highest BCUT2D eigenvalue weighted by Gasteiger charge is 2.42. The summed E-state index contributed by atoms with van der Waals surface area (Å²) in [5.74, 6) is -1.60. The molecule has 1 atom stereocenters. The summed E-state index contributed by atoms with van der Waals surface area (Å²) in [4.78, 5) is 14.0. The fourth-order valence-corrected chi connectivity index (χ4v) is 3.06. The molecule has 1 aromatic rings. The Labute approximate surface area is 134 Å². The SMILES string of the molecule is O=C1N(Cc2cccc(F)c2F)CCC[C@]1(O)CNCC1CC1. The summed E-state index contributed by atoms with van der Waals surface area (Å²) in [6, 6.07) is 3.94. The number of amides is 1. The highest BCUT2D eigenvalue weighted by atomic mass is 19.2. The van der Waals surface area contributed by atoms with Crippen molar-refractivity contribution in [2.24, 2.45) is 5.92 Å². The second-order valence-electron chi connectivity index (χ2n) is 6.65. The molecule has 1 heterocycles. The van der Waals surface area contributed by atoms with Crippen LogP contribution >= 0.6 is 0 Å². The number of carbonyl (C=O) groups excluding carboxylic acids is 1. The predicted molar refractivity (Wildman–Crippen MR) is 81.6 cm³/mol. The van der Waals surface area contributed by atoms with Crippen molar-refractivity contribution >= 4 is 5.91 Å². The zero-order chi connectivity index (χ0) is 16.4. The molecule has 1 saturated carbocycles. The zero-order valence-corrected chi connectivity index (χ0v) is 13.0. The molecule has 3 rings (SSSR count). The molecule has 1 amide bonds. The highest BCUT2D eigenvalue weighted by molar-refractivity contribution is 5.86. The molecule has 1 aliphatic heterocycles. The molecule has 0 spiro atoms. The predicted octanol–water partition coefficient (Wildman–Crippen LogP) is 1.82. The molecule has 1 saturated heterocycles. The molecule has 2 aliphatic rings. The maximum atomic E-state index is 13.8. The Bertz CT molecular complexity index is 592. The van der Waals surface area contributed by atoms with Crippen molar-refractivity contribution < 1.29 is 18.7 Å². The van der Waals surface area contributed by atoms with Gasteiger partial charge in [-0.3, -0.25) is 4.79 Å². The topological polar surface area (TPSA) is 52.6 Å². The Morgan fingerprint density at radius 1 is 1.35 bits per heavy atom. The van der Waals surface area contributed by atoms with Crippen LogP contribution < -0.4 is 5.32 Å². The molecule has 1 aliphatic carbocycles. The van der Waals surface area contributed by atoms with Crippen LogP contribution in [0.15, 0.2) is 18.2 Å². The lowest BCUT2D eigenvalue weighted by Crippen LogP contribution is -2.57. The molecule has 0 aromatic heterocycles. The third kappa shape index (κ3) is 3.70. The molecule has 0 radical (unpaired) electrons. The van der Waals surface area contributed by atoms with Crippen molar-refractivity contribution in [3.8, 4) is 0 Å². The maximum absolute atomic E-state index is 13.8. The fourth-order valence-electron chi connectivity index (χ4n) is 3.06. The Balaban J connectivity index is 1.65. The Morgan fingerprint density at radius 3 is 2.87 bits per heavy atom. The van der Waals surface area contributed by atoms with Crippen LogP contribution in [-0.2, 0) is 11.3 Å². The lowest BCUT2D eigenvalue weighted by Gasteiger charge is -2.38. The van der Waals surface area contributed by atoms with E-state index in [1.807, 2.05) is 0 Å². The van der Waals surface area contributed by atoms with Crippen LogP contribution in [0.4, 0.5) is 8.78 Å². The number of halogens is 2. The Kier molecular flexibility index (Phi) is 4.64. The summed E-state index contributed by atoms with van der Waals surface area (Å²) in [6.07, 6.45) is 3.44. The number of likely N-dealkylation sites (tertiary alicyclic amines) is 1. The van der Waals surface area contributed by atoms with E-state index >= 15 is 0 Å². The number of hydrogen-bond acceptors (Lipinski definition) is 3. The van der Waals surface area contributed by atoms with Gasteiger partial charge in [0.25, 0.3) is 5.91 Å². The van der Waals surface area contributed by atoms with Crippen LogP contribution in [-0.4, -0.2) is 41.1 Å². The minimum atomic E-state index is -1.45. The Hall–Kier alpha value is -1.53. The van der Waals surface area contributed by atoms with Crippen molar-refractivity contribution in [1.82, 2.24) is 10.2 Å². The second-order valence-corrected chi connectivity index (χ2v) is 6.65. The van der Waals surface area contributed by atoms with Crippen molar-refractivity contribution in [1.29, 1.82) is 0 Å². The van der Waals surface area contributed by atoms with Gasteiger partial charge < -0.3 is 15.3 Å². The van der Waals surface area contributed by atoms with Crippen LogP contribution in [0.1, 0.15) is 31.2 Å². The summed E-state index contributed by atoms with van der Waals surface area (Å²) in [6.45, 7) is 1.45. The number of rotatable bonds is 6. The Morgan fingerprint density at radius 2 is 2.13 bits per heavy atom. The molecule has 1 aromatic carbocycles. The average molecular weight is 324 g/mol. The number of piperidine rings is 1. The van der Waals surface area contributed by atoms with Crippen LogP contribution in [0.25, 0.3) is 0 Å². The molecule has 23 heavy (non-hydrogen) atoms. The van der Waals surface area contributed by atoms with E-state index in [9.17, 15) is 18.7 Å². The van der Waals surface area contributed by atoms with Gasteiger partial charge in [-0.25, -0.2) is 8.78 Å². The number of hydrogen-bond donors (Lipinski definition) is 2. The summed E-state index contributed by atoms with van der Waals surface area (Å²) in [5.41, 5.74) is -1.31. The van der Waals surface area contributed by atoms with Crippen molar-refractivity contribution in [3.63, 3.8) is 0 Å². The van der Waals surface area contributed by atoms with E-state index in [1.165, 1.54) is 29.9 Å². The van der Waals surface area contributed by atoms with Crippen LogP contribution in [0, 0.1) is 17.6 Å². The van der Waals surface area contributed by atoms with Gasteiger partial charge in [0.1, 0.15) is 0 Å². The summed E-state index contributed by atoms with van der Waals surface area (Å²) in [7, 11) is 0. The lowest BCUT2D eigenvalue weighted by molar-refractivity contribution is -0.157. The molecule has 126 valence electrons. The second kappa shape index (κ2) is 6.53. The normalized spacial score (nSPS) is 25.0. The van der Waals surface area contributed by atoms with Crippen molar-refractivity contribution in [2.75, 3.05) is 19.6 Å². The van der Waals surface area contributed by atoms with Crippen LogP contribution in [0.5, 0.6) is 0 Å². The number of benzene rings is 1. The van der Waals surface area contributed by atoms with Gasteiger partial charge in [0.2, 0.25) is 0 Å². The van der Waals surface area contributed by atoms with Gasteiger partial charge in [0, 0.05) is 25.2 Å². The van der Waals surface area contributed by atoms with E-state index in [0.717, 1.165) is 12.6 Å². The van der Waals surface area contributed by atoms with E-state index in [0.29, 0.717) is 25.3 Å². The largest absolute Gasteiger partial charge is 0.379 e. The third-order valence-electron chi connectivity index (χ3n) is 4.64. The summed E-state index contributed by atoms with van der Waals surface area (Å²) < 4.78 is 27.1. The quantitative estimate of drug-likeness (QED) is 0.839. The highest BCUT2D eigenvalue weighted by Crippen LogP contribution is 2.28. The van der Waals surface area contributed by atoms with Gasteiger partial charge in [-0.05, 0) is 44.2 Å². The monoisotopic (exact) mass is 324 g/mol. The van der Waals surface area contributed by atoms with E-state index in [4.69, 9.17) is 0 Å². The molecule has 4 nitrogen and oxygen atoms in total. The van der Waals surface area contributed by atoms with Gasteiger partial charge in [-0.1, -0.05) is 12.1 Å². The van der Waals surface area contributed by atoms with Gasteiger partial charge in [-0.15, -0.1) is 0 Å². The molecule has 2 N–H and O–H groups in total. The van der Waals surface area contributed by atoms with Crippen molar-refractivity contribution in [2.45, 2.75) is 37.8 Å². The third-order valence-corrected chi connectivity index (χ3v) is 4.64. The van der Waals surface area contributed by atoms with Gasteiger partial charge in [0.05, 0.1) is 0 Å². The number of nitrogens with one attached hydrogen (secondary N) is 1. The molecule has 0 unspecified atom stereocenters. The summed E-state index contributed by atoms with van der Waals surface area (Å²) in [5, 5.41) is 13.8. The molecular formula is C17H22F2N2O2. The maximum Gasteiger partial charge on any atom is 0.256 e. The van der Waals surface area contributed by atoms with E-state index in [-0.39, 0.29) is 18.7 Å². The smallest absolute Gasteiger partial charge is 0.256 e. The first kappa shape index (κ1) is 16.3. The van der Waals surface area contributed by atoms with Crippen LogP contribution in [0.3, 0.4) is 0 Å². The van der Waals surface area contributed by atoms with Gasteiger partial charge in [0.15, 0.2) is 17.2 Å². The minimum absolute atomic E-state index is 0.0205. The molecule has 0 bridgehead atoms. The first-order valence-electron chi connectivity index (χ1n) is 8.15. The number of aliphatic hydroxyl groups is 1. The molecular weight excluding hydrogens is 302 g/mol. The lowest BCUT2D eigenvalue weighted by atomic mass is 9.91. The number of carbonyl (C=O) groups is 1. The molecule has 6 heteroatoms. The van der Waals surface area contributed by atoms with E-state index < -0.39 is 23.1 Å². The van der Waals surface area contributed by atoms with Crippen molar-refractivity contribution in [3.05, 3.63) is 35.4 Å². The van der Waals surface area contributed by atoms with Crippen LogP contribution in [0.2, 0.25) is 0 Å². The van der Waals surface area contributed by atoms with Gasteiger partial charge >= 0.3 is 0 Å². The zero-order valence-electron chi connectivity index (χ0n) is 13.0.